The molecule has 9 heteroatoms. The lowest BCUT2D eigenvalue weighted by Crippen LogP contribution is -2.31. The minimum absolute atomic E-state index is 0.0441. The highest BCUT2D eigenvalue weighted by molar-refractivity contribution is 7.99. The van der Waals surface area contributed by atoms with Crippen molar-refractivity contribution in [2.45, 2.75) is 18.6 Å². The largest absolute Gasteiger partial charge is 0.454 e. The number of thiophene rings is 1. The molecule has 0 saturated heterocycles. The highest BCUT2D eigenvalue weighted by Crippen LogP contribution is 2.33. The molecule has 4 rings (SSSR count). The number of hydrogen-bond acceptors (Lipinski definition) is 7. The van der Waals surface area contributed by atoms with Crippen LogP contribution in [0.3, 0.4) is 0 Å². The number of ether oxygens (including phenoxy) is 2. The quantitative estimate of drug-likeness (QED) is 0.610. The van der Waals surface area contributed by atoms with Gasteiger partial charge in [-0.1, -0.05) is 23.9 Å². The smallest absolute Gasteiger partial charge is 0.233 e. The number of nitrogens with one attached hydrogen (secondary N) is 1. The van der Waals surface area contributed by atoms with Crippen LogP contribution in [0.1, 0.15) is 12.5 Å². The van der Waals surface area contributed by atoms with Gasteiger partial charge in [0.2, 0.25) is 17.9 Å². The van der Waals surface area contributed by atoms with Crippen LogP contribution in [-0.4, -0.2) is 45.1 Å². The molecular formula is C18H18N4O3S2. The van der Waals surface area contributed by atoms with Crippen LogP contribution in [0.5, 0.6) is 11.5 Å². The van der Waals surface area contributed by atoms with Crippen LogP contribution in [0.15, 0.2) is 40.9 Å². The summed E-state index contributed by atoms with van der Waals surface area (Å²) >= 11 is 2.93. The van der Waals surface area contributed by atoms with Crippen LogP contribution in [0, 0.1) is 0 Å². The van der Waals surface area contributed by atoms with Crippen molar-refractivity contribution < 1.29 is 14.3 Å². The zero-order valence-corrected chi connectivity index (χ0v) is 16.3. The number of H-pyrrole nitrogens is 1. The number of rotatable bonds is 7. The number of nitrogens with zero attached hydrogens (tertiary/aromatic N) is 3. The van der Waals surface area contributed by atoms with E-state index in [1.165, 1.54) is 11.8 Å². The zero-order valence-electron chi connectivity index (χ0n) is 14.7. The second kappa shape index (κ2) is 8.01. The third kappa shape index (κ3) is 4.09. The first-order chi connectivity index (χ1) is 13.2. The molecule has 0 spiro atoms. The van der Waals surface area contributed by atoms with Crippen LogP contribution in [0.2, 0.25) is 0 Å². The highest BCUT2D eigenvalue weighted by Gasteiger charge is 2.17. The number of carbonyl (C=O) groups excluding carboxylic acids is 1. The molecule has 0 bridgehead atoms. The standard InChI is InChI=1S/C18H18N4O3S2/c1-2-22(9-12-5-6-13-14(8-12)25-11-24-13)16(23)10-27-18-19-17(20-21-18)15-4-3-7-26-15/h3-8H,2,9-11H2,1H3,(H,19,20,21). The maximum absolute atomic E-state index is 12.6. The predicted octanol–water partition coefficient (Wildman–Crippen LogP) is 3.40. The summed E-state index contributed by atoms with van der Waals surface area (Å²) in [7, 11) is 0. The summed E-state index contributed by atoms with van der Waals surface area (Å²) in [5, 5.41) is 9.67. The van der Waals surface area contributed by atoms with Gasteiger partial charge in [0.25, 0.3) is 0 Å². The van der Waals surface area contributed by atoms with Crippen LogP contribution < -0.4 is 9.47 Å². The van der Waals surface area contributed by atoms with E-state index >= 15 is 0 Å². The molecule has 1 aliphatic heterocycles. The van der Waals surface area contributed by atoms with E-state index in [0.29, 0.717) is 24.0 Å². The van der Waals surface area contributed by atoms with Gasteiger partial charge in [0.15, 0.2) is 17.3 Å². The molecule has 27 heavy (non-hydrogen) atoms. The van der Waals surface area contributed by atoms with Crippen LogP contribution in [0.25, 0.3) is 10.7 Å². The first-order valence-electron chi connectivity index (χ1n) is 8.48. The van der Waals surface area contributed by atoms with Crippen molar-refractivity contribution in [3.63, 3.8) is 0 Å². The van der Waals surface area contributed by atoms with E-state index in [1.54, 1.807) is 16.2 Å². The third-order valence-electron chi connectivity index (χ3n) is 4.09. The van der Waals surface area contributed by atoms with Gasteiger partial charge in [-0.05, 0) is 36.1 Å². The van der Waals surface area contributed by atoms with Crippen molar-refractivity contribution in [2.24, 2.45) is 0 Å². The summed E-state index contributed by atoms with van der Waals surface area (Å²) in [6.07, 6.45) is 0. The monoisotopic (exact) mass is 402 g/mol. The molecule has 0 unspecified atom stereocenters. The van der Waals surface area contributed by atoms with Crippen LogP contribution >= 0.6 is 23.1 Å². The predicted molar refractivity (Wildman–Crippen MR) is 104 cm³/mol. The number of amides is 1. The SMILES string of the molecule is CCN(Cc1ccc2c(c1)OCO2)C(=O)CSc1n[nH]c(-c2cccs2)n1. The molecule has 1 aromatic carbocycles. The van der Waals surface area contributed by atoms with Gasteiger partial charge in [0.05, 0.1) is 10.6 Å². The minimum atomic E-state index is 0.0441. The zero-order chi connectivity index (χ0) is 18.6. The summed E-state index contributed by atoms with van der Waals surface area (Å²) in [5.41, 5.74) is 1.01. The number of aromatic amines is 1. The van der Waals surface area contributed by atoms with Gasteiger partial charge in [-0.25, -0.2) is 4.98 Å². The van der Waals surface area contributed by atoms with E-state index in [9.17, 15) is 4.79 Å². The van der Waals surface area contributed by atoms with E-state index < -0.39 is 0 Å². The van der Waals surface area contributed by atoms with Gasteiger partial charge in [-0.3, -0.25) is 9.89 Å². The molecule has 7 nitrogen and oxygen atoms in total. The Kier molecular flexibility index (Phi) is 5.30. The third-order valence-corrected chi connectivity index (χ3v) is 5.80. The van der Waals surface area contributed by atoms with Gasteiger partial charge in [0.1, 0.15) is 0 Å². The van der Waals surface area contributed by atoms with Crippen molar-refractivity contribution in [1.82, 2.24) is 20.1 Å². The van der Waals surface area contributed by atoms with Crippen molar-refractivity contribution in [1.29, 1.82) is 0 Å². The number of carbonyl (C=O) groups is 1. The first kappa shape index (κ1) is 17.9. The van der Waals surface area contributed by atoms with Crippen molar-refractivity contribution in [2.75, 3.05) is 19.1 Å². The number of hydrogen-bond donors (Lipinski definition) is 1. The number of thioether (sulfide) groups is 1. The van der Waals surface area contributed by atoms with E-state index in [0.717, 1.165) is 27.8 Å². The second-order valence-corrected chi connectivity index (χ2v) is 7.72. The Bertz CT molecular complexity index is 927. The molecule has 0 saturated carbocycles. The molecular weight excluding hydrogens is 384 g/mol. The maximum Gasteiger partial charge on any atom is 0.233 e. The van der Waals surface area contributed by atoms with Crippen molar-refractivity contribution in [3.05, 3.63) is 41.3 Å². The summed E-state index contributed by atoms with van der Waals surface area (Å²) in [6, 6.07) is 9.71. The van der Waals surface area contributed by atoms with Gasteiger partial charge in [-0.15, -0.1) is 16.4 Å². The fourth-order valence-electron chi connectivity index (χ4n) is 2.69. The Morgan fingerprint density at radius 2 is 2.22 bits per heavy atom. The van der Waals surface area contributed by atoms with Gasteiger partial charge in [-0.2, -0.15) is 0 Å². The fourth-order valence-corrected chi connectivity index (χ4v) is 4.05. The van der Waals surface area contributed by atoms with Crippen molar-refractivity contribution >= 4 is 29.0 Å². The molecule has 0 radical (unpaired) electrons. The van der Waals surface area contributed by atoms with E-state index in [-0.39, 0.29) is 12.7 Å². The molecule has 0 aliphatic carbocycles. The molecule has 2 aromatic heterocycles. The normalized spacial score (nSPS) is 12.3. The lowest BCUT2D eigenvalue weighted by atomic mass is 10.2. The molecule has 0 fully saturated rings. The molecule has 1 aliphatic rings. The summed E-state index contributed by atoms with van der Waals surface area (Å²) in [6.45, 7) is 3.37. The molecule has 3 aromatic rings. The van der Waals surface area contributed by atoms with E-state index in [2.05, 4.69) is 15.2 Å². The Morgan fingerprint density at radius 1 is 1.33 bits per heavy atom. The molecule has 0 atom stereocenters. The second-order valence-electron chi connectivity index (χ2n) is 5.83. The maximum atomic E-state index is 12.6. The Balaban J connectivity index is 1.35. The van der Waals surface area contributed by atoms with Crippen molar-refractivity contribution in [3.8, 4) is 22.2 Å². The summed E-state index contributed by atoms with van der Waals surface area (Å²) < 4.78 is 10.7. The fraction of sp³-hybridized carbons (Fsp3) is 0.278. The average molecular weight is 403 g/mol. The van der Waals surface area contributed by atoms with Gasteiger partial charge >= 0.3 is 0 Å². The number of fused-ring (bicyclic) bond motifs is 1. The number of benzene rings is 1. The van der Waals surface area contributed by atoms with E-state index in [1.807, 2.05) is 42.6 Å². The Morgan fingerprint density at radius 3 is 3.04 bits per heavy atom. The Hall–Kier alpha value is -2.52. The summed E-state index contributed by atoms with van der Waals surface area (Å²) in [4.78, 5) is 19.9. The highest BCUT2D eigenvalue weighted by atomic mass is 32.2. The topological polar surface area (TPSA) is 80.3 Å². The van der Waals surface area contributed by atoms with Gasteiger partial charge < -0.3 is 14.4 Å². The molecule has 1 amide bonds. The van der Waals surface area contributed by atoms with E-state index in [4.69, 9.17) is 9.47 Å². The number of aromatic nitrogens is 3. The first-order valence-corrected chi connectivity index (χ1v) is 10.3. The average Bonchev–Trinajstić information content (AvgIpc) is 3.44. The lowest BCUT2D eigenvalue weighted by Gasteiger charge is -2.20. The summed E-state index contributed by atoms with van der Waals surface area (Å²) in [5.74, 6) is 2.54. The molecule has 140 valence electrons. The lowest BCUT2D eigenvalue weighted by molar-refractivity contribution is -0.128. The van der Waals surface area contributed by atoms with Crippen LogP contribution in [0.4, 0.5) is 0 Å². The molecule has 1 N–H and O–H groups in total. The van der Waals surface area contributed by atoms with Gasteiger partial charge in [0, 0.05) is 13.1 Å². The minimum Gasteiger partial charge on any atom is -0.454 e. The molecule has 3 heterocycles. The Labute approximate surface area is 164 Å². The van der Waals surface area contributed by atoms with Crippen LogP contribution in [-0.2, 0) is 11.3 Å².